The molecule has 0 N–H and O–H groups in total. The fourth-order valence-electron chi connectivity index (χ4n) is 0.821. The van der Waals surface area contributed by atoms with Gasteiger partial charge in [0, 0.05) is 6.20 Å². The number of pyridine rings is 1. The van der Waals surface area contributed by atoms with Crippen molar-refractivity contribution in [3.8, 4) is 5.75 Å². The van der Waals surface area contributed by atoms with E-state index >= 15 is 0 Å². The number of rotatable bonds is 3. The van der Waals surface area contributed by atoms with Crippen molar-refractivity contribution in [3.63, 3.8) is 0 Å². The second-order valence-electron chi connectivity index (χ2n) is 2.80. The molecule has 0 spiro atoms. The minimum absolute atomic E-state index is 0.245. The van der Waals surface area contributed by atoms with E-state index in [4.69, 9.17) is 4.74 Å². The first-order valence-corrected chi connectivity index (χ1v) is 3.93. The Morgan fingerprint density at radius 3 is 3.00 bits per heavy atom. The Balaban J connectivity index is 2.50. The Kier molecular flexibility index (Phi) is 3.20. The van der Waals surface area contributed by atoms with Crippen LogP contribution in [-0.4, -0.2) is 11.0 Å². The van der Waals surface area contributed by atoms with Crippen molar-refractivity contribution in [3.05, 3.63) is 36.7 Å². The van der Waals surface area contributed by atoms with Gasteiger partial charge < -0.3 is 4.74 Å². The molecule has 0 atom stereocenters. The van der Waals surface area contributed by atoms with Crippen LogP contribution in [0.3, 0.4) is 0 Å². The first-order chi connectivity index (χ1) is 6.18. The number of nitrogens with zero attached hydrogens (tertiary/aromatic N) is 1. The van der Waals surface area contributed by atoms with E-state index in [1.165, 1.54) is 6.20 Å². The quantitative estimate of drug-likeness (QED) is 0.523. The van der Waals surface area contributed by atoms with Gasteiger partial charge in [-0.25, -0.2) is 0 Å². The van der Waals surface area contributed by atoms with Crippen LogP contribution in [0.4, 0.5) is 0 Å². The van der Waals surface area contributed by atoms with Crippen molar-refractivity contribution in [1.82, 2.24) is 4.98 Å². The minimum atomic E-state index is -0.305. The molecule has 1 aromatic rings. The third kappa shape index (κ3) is 3.51. The Morgan fingerprint density at radius 2 is 2.46 bits per heavy atom. The fourth-order valence-corrected chi connectivity index (χ4v) is 0.821. The highest BCUT2D eigenvalue weighted by molar-refractivity contribution is 5.74. The number of hydrogen-bond donors (Lipinski definition) is 0. The van der Waals surface area contributed by atoms with E-state index < -0.39 is 0 Å². The van der Waals surface area contributed by atoms with Gasteiger partial charge in [-0.2, -0.15) is 0 Å². The van der Waals surface area contributed by atoms with Gasteiger partial charge in [-0.1, -0.05) is 12.2 Å². The second-order valence-corrected chi connectivity index (χ2v) is 2.80. The van der Waals surface area contributed by atoms with Gasteiger partial charge in [-0.3, -0.25) is 9.78 Å². The summed E-state index contributed by atoms with van der Waals surface area (Å²) < 4.78 is 4.96. The smallest absolute Gasteiger partial charge is 0.315 e. The monoisotopic (exact) mass is 177 g/mol. The highest BCUT2D eigenvalue weighted by Crippen LogP contribution is 2.08. The van der Waals surface area contributed by atoms with Crippen molar-refractivity contribution in [1.29, 1.82) is 0 Å². The molecule has 0 bridgehead atoms. The summed E-state index contributed by atoms with van der Waals surface area (Å²) in [5.74, 6) is 0.161. The molecule has 0 saturated heterocycles. The predicted molar refractivity (Wildman–Crippen MR) is 49.3 cm³/mol. The molecule has 68 valence electrons. The van der Waals surface area contributed by atoms with Gasteiger partial charge >= 0.3 is 5.97 Å². The zero-order chi connectivity index (χ0) is 9.68. The molecule has 0 amide bonds. The number of carbonyl (C=O) groups is 1. The lowest BCUT2D eigenvalue weighted by Gasteiger charge is -2.02. The van der Waals surface area contributed by atoms with Crippen LogP contribution in [0.5, 0.6) is 5.75 Å². The maximum absolute atomic E-state index is 11.1. The van der Waals surface area contributed by atoms with Gasteiger partial charge in [0.15, 0.2) is 0 Å². The largest absolute Gasteiger partial charge is 0.425 e. The highest BCUT2D eigenvalue weighted by atomic mass is 16.5. The van der Waals surface area contributed by atoms with Crippen LogP contribution in [0.1, 0.15) is 13.3 Å². The Labute approximate surface area is 77.1 Å². The van der Waals surface area contributed by atoms with E-state index in [2.05, 4.69) is 11.6 Å². The highest BCUT2D eigenvalue weighted by Gasteiger charge is 2.03. The third-order valence-electron chi connectivity index (χ3n) is 1.31. The van der Waals surface area contributed by atoms with E-state index in [9.17, 15) is 4.79 Å². The van der Waals surface area contributed by atoms with Gasteiger partial charge in [0.05, 0.1) is 12.6 Å². The van der Waals surface area contributed by atoms with E-state index in [0.717, 1.165) is 5.57 Å². The van der Waals surface area contributed by atoms with Crippen LogP contribution in [0, 0.1) is 0 Å². The first kappa shape index (κ1) is 9.45. The van der Waals surface area contributed by atoms with E-state index in [0.29, 0.717) is 5.75 Å². The standard InChI is InChI=1S/C10H11NO2/c1-8(2)6-10(12)13-9-4-3-5-11-7-9/h3-5,7H,1,6H2,2H3. The van der Waals surface area contributed by atoms with Crippen molar-refractivity contribution in [2.45, 2.75) is 13.3 Å². The lowest BCUT2D eigenvalue weighted by atomic mass is 10.2. The zero-order valence-corrected chi connectivity index (χ0v) is 7.49. The van der Waals surface area contributed by atoms with Gasteiger partial charge in [-0.05, 0) is 19.1 Å². The van der Waals surface area contributed by atoms with Crippen molar-refractivity contribution in [2.75, 3.05) is 0 Å². The van der Waals surface area contributed by atoms with Crippen molar-refractivity contribution < 1.29 is 9.53 Å². The number of carbonyl (C=O) groups excluding carboxylic acids is 1. The van der Waals surface area contributed by atoms with Gasteiger partial charge in [0.1, 0.15) is 5.75 Å². The molecule has 3 heteroatoms. The molecule has 0 aliphatic carbocycles. The van der Waals surface area contributed by atoms with Crippen LogP contribution in [0.2, 0.25) is 0 Å². The lowest BCUT2D eigenvalue weighted by molar-refractivity contribution is -0.133. The van der Waals surface area contributed by atoms with Crippen molar-refractivity contribution >= 4 is 5.97 Å². The number of ether oxygens (including phenoxy) is 1. The summed E-state index contributed by atoms with van der Waals surface area (Å²) in [6.45, 7) is 5.40. The van der Waals surface area contributed by atoms with E-state index in [1.807, 2.05) is 0 Å². The fraction of sp³-hybridized carbons (Fsp3) is 0.200. The third-order valence-corrected chi connectivity index (χ3v) is 1.31. The molecular weight excluding hydrogens is 166 g/mol. The van der Waals surface area contributed by atoms with E-state index in [1.54, 1.807) is 25.3 Å². The first-order valence-electron chi connectivity index (χ1n) is 3.93. The number of hydrogen-bond acceptors (Lipinski definition) is 3. The van der Waals surface area contributed by atoms with Crippen molar-refractivity contribution in [2.24, 2.45) is 0 Å². The molecule has 0 radical (unpaired) electrons. The normalized spacial score (nSPS) is 9.31. The summed E-state index contributed by atoms with van der Waals surface area (Å²) >= 11 is 0. The van der Waals surface area contributed by atoms with Gasteiger partial charge in [0.2, 0.25) is 0 Å². The van der Waals surface area contributed by atoms with Crippen LogP contribution in [-0.2, 0) is 4.79 Å². The van der Waals surface area contributed by atoms with E-state index in [-0.39, 0.29) is 12.4 Å². The molecule has 3 nitrogen and oxygen atoms in total. The summed E-state index contributed by atoms with van der Waals surface area (Å²) in [6.07, 6.45) is 3.36. The molecule has 0 saturated carbocycles. The zero-order valence-electron chi connectivity index (χ0n) is 7.49. The minimum Gasteiger partial charge on any atom is -0.425 e. The number of aromatic nitrogens is 1. The number of esters is 1. The molecule has 0 unspecified atom stereocenters. The molecule has 0 aliphatic rings. The summed E-state index contributed by atoms with van der Waals surface area (Å²) in [6, 6.07) is 3.40. The van der Waals surface area contributed by atoms with Crippen LogP contribution < -0.4 is 4.74 Å². The maximum atomic E-state index is 11.1. The Morgan fingerprint density at radius 1 is 1.69 bits per heavy atom. The average Bonchev–Trinajstić information content (AvgIpc) is 2.04. The summed E-state index contributed by atoms with van der Waals surface area (Å²) in [5, 5.41) is 0. The average molecular weight is 177 g/mol. The summed E-state index contributed by atoms with van der Waals surface area (Å²) in [5.41, 5.74) is 0.786. The molecule has 1 rings (SSSR count). The van der Waals surface area contributed by atoms with Crippen LogP contribution in [0.15, 0.2) is 36.7 Å². The van der Waals surface area contributed by atoms with Crippen LogP contribution >= 0.6 is 0 Å². The summed E-state index contributed by atoms with van der Waals surface area (Å²) in [7, 11) is 0. The predicted octanol–water partition coefficient (Wildman–Crippen LogP) is 1.95. The molecule has 1 aromatic heterocycles. The van der Waals surface area contributed by atoms with Gasteiger partial charge in [0.25, 0.3) is 0 Å². The lowest BCUT2D eigenvalue weighted by Crippen LogP contribution is -2.07. The SMILES string of the molecule is C=C(C)CC(=O)Oc1cccnc1. The second kappa shape index (κ2) is 4.40. The summed E-state index contributed by atoms with van der Waals surface area (Å²) in [4.78, 5) is 14.9. The maximum Gasteiger partial charge on any atom is 0.315 e. The molecular formula is C10H11NO2. The molecule has 0 fully saturated rings. The Hall–Kier alpha value is -1.64. The Bertz CT molecular complexity index is 306. The molecule has 1 heterocycles. The van der Waals surface area contributed by atoms with Gasteiger partial charge in [-0.15, -0.1) is 0 Å². The molecule has 0 aliphatic heterocycles. The van der Waals surface area contributed by atoms with Crippen LogP contribution in [0.25, 0.3) is 0 Å². The topological polar surface area (TPSA) is 39.2 Å². The molecule has 0 aromatic carbocycles. The molecule has 13 heavy (non-hydrogen) atoms.